The predicted octanol–water partition coefficient (Wildman–Crippen LogP) is 1.80. The van der Waals surface area contributed by atoms with Crippen molar-refractivity contribution >= 4 is 22.0 Å². The zero-order chi connectivity index (χ0) is 19.2. The Balaban J connectivity index is 1.89. The van der Waals surface area contributed by atoms with Crippen LogP contribution in [-0.2, 0) is 30.9 Å². The molecule has 0 aliphatic rings. The van der Waals surface area contributed by atoms with Crippen molar-refractivity contribution < 1.29 is 27.5 Å². The fourth-order valence-corrected chi connectivity index (χ4v) is 3.04. The highest BCUT2D eigenvalue weighted by molar-refractivity contribution is 7.89. The molecule has 0 aromatic heterocycles. The van der Waals surface area contributed by atoms with E-state index < -0.39 is 28.5 Å². The average Bonchev–Trinajstić information content (AvgIpc) is 2.64. The molecule has 138 valence electrons. The standard InChI is InChI=1S/C18H19NO6S/c1-13-6-8-16(9-7-13)26(22,23)19-11-17(20)25-12-14-4-3-5-15(10-14)18(21)24-2/h3-10,19H,11-12H2,1-2H3. The van der Waals surface area contributed by atoms with E-state index in [4.69, 9.17) is 4.74 Å². The van der Waals surface area contributed by atoms with E-state index in [1.165, 1.54) is 25.3 Å². The number of rotatable bonds is 7. The Hall–Kier alpha value is -2.71. The molecule has 7 nitrogen and oxygen atoms in total. The molecule has 0 radical (unpaired) electrons. The molecule has 0 bridgehead atoms. The summed E-state index contributed by atoms with van der Waals surface area (Å²) in [6, 6.07) is 12.7. The van der Waals surface area contributed by atoms with Crippen LogP contribution in [0.4, 0.5) is 0 Å². The second-order valence-corrected chi connectivity index (χ2v) is 7.26. The van der Waals surface area contributed by atoms with Gasteiger partial charge in [-0.15, -0.1) is 0 Å². The Morgan fingerprint density at radius 1 is 1.08 bits per heavy atom. The number of carbonyl (C=O) groups excluding carboxylic acids is 2. The number of benzene rings is 2. The topological polar surface area (TPSA) is 98.8 Å². The molecule has 0 aliphatic carbocycles. The van der Waals surface area contributed by atoms with E-state index in [0.717, 1.165) is 5.56 Å². The van der Waals surface area contributed by atoms with Gasteiger partial charge >= 0.3 is 11.9 Å². The average molecular weight is 377 g/mol. The Bertz CT molecular complexity index is 890. The summed E-state index contributed by atoms with van der Waals surface area (Å²) in [5.41, 5.74) is 1.85. The normalized spacial score (nSPS) is 11.0. The third-order valence-corrected chi connectivity index (χ3v) is 4.90. The molecule has 0 amide bonds. The highest BCUT2D eigenvalue weighted by Crippen LogP contribution is 2.10. The highest BCUT2D eigenvalue weighted by Gasteiger charge is 2.16. The van der Waals surface area contributed by atoms with Gasteiger partial charge in [0.15, 0.2) is 0 Å². The van der Waals surface area contributed by atoms with Crippen LogP contribution in [0.3, 0.4) is 0 Å². The maximum atomic E-state index is 12.1. The van der Waals surface area contributed by atoms with E-state index >= 15 is 0 Å². The summed E-state index contributed by atoms with van der Waals surface area (Å²) in [6.07, 6.45) is 0. The summed E-state index contributed by atoms with van der Waals surface area (Å²) in [7, 11) is -2.52. The Labute approximate surface area is 152 Å². The van der Waals surface area contributed by atoms with Gasteiger partial charge in [0.1, 0.15) is 13.2 Å². The second kappa shape index (κ2) is 8.59. The number of hydrogen-bond acceptors (Lipinski definition) is 6. The second-order valence-electron chi connectivity index (χ2n) is 5.49. The lowest BCUT2D eigenvalue weighted by molar-refractivity contribution is -0.143. The third-order valence-electron chi connectivity index (χ3n) is 3.49. The quantitative estimate of drug-likeness (QED) is 0.739. The van der Waals surface area contributed by atoms with E-state index in [9.17, 15) is 18.0 Å². The predicted molar refractivity (Wildman–Crippen MR) is 93.9 cm³/mol. The SMILES string of the molecule is COC(=O)c1cccc(COC(=O)CNS(=O)(=O)c2ccc(C)cc2)c1. The van der Waals surface area contributed by atoms with Crippen LogP contribution in [0.2, 0.25) is 0 Å². The lowest BCUT2D eigenvalue weighted by Gasteiger charge is -2.08. The summed E-state index contributed by atoms with van der Waals surface area (Å²) >= 11 is 0. The summed E-state index contributed by atoms with van der Waals surface area (Å²) in [5.74, 6) is -1.23. The van der Waals surface area contributed by atoms with Crippen LogP contribution in [-0.4, -0.2) is 34.0 Å². The van der Waals surface area contributed by atoms with Gasteiger partial charge in [-0.25, -0.2) is 13.2 Å². The Morgan fingerprint density at radius 2 is 1.77 bits per heavy atom. The summed E-state index contributed by atoms with van der Waals surface area (Å²) in [4.78, 5) is 23.3. The van der Waals surface area contributed by atoms with Crippen molar-refractivity contribution in [3.8, 4) is 0 Å². The first-order chi connectivity index (χ1) is 12.3. The first-order valence-electron chi connectivity index (χ1n) is 7.71. The van der Waals surface area contributed by atoms with Crippen LogP contribution >= 0.6 is 0 Å². The van der Waals surface area contributed by atoms with Crippen molar-refractivity contribution in [2.45, 2.75) is 18.4 Å². The first-order valence-corrected chi connectivity index (χ1v) is 9.19. The minimum atomic E-state index is -3.79. The monoisotopic (exact) mass is 377 g/mol. The molecule has 0 saturated heterocycles. The number of esters is 2. The first kappa shape index (κ1) is 19.6. The molecular formula is C18H19NO6S. The molecular weight excluding hydrogens is 358 g/mol. The zero-order valence-electron chi connectivity index (χ0n) is 14.4. The fraction of sp³-hybridized carbons (Fsp3) is 0.222. The van der Waals surface area contributed by atoms with E-state index in [0.29, 0.717) is 11.1 Å². The van der Waals surface area contributed by atoms with Gasteiger partial charge in [-0.1, -0.05) is 29.8 Å². The number of methoxy groups -OCH3 is 1. The van der Waals surface area contributed by atoms with Crippen molar-refractivity contribution in [3.63, 3.8) is 0 Å². The summed E-state index contributed by atoms with van der Waals surface area (Å²) in [6.45, 7) is 1.26. The highest BCUT2D eigenvalue weighted by atomic mass is 32.2. The van der Waals surface area contributed by atoms with Gasteiger partial charge < -0.3 is 9.47 Å². The molecule has 0 spiro atoms. The van der Waals surface area contributed by atoms with Gasteiger partial charge in [0.2, 0.25) is 10.0 Å². The maximum absolute atomic E-state index is 12.1. The smallest absolute Gasteiger partial charge is 0.337 e. The van der Waals surface area contributed by atoms with E-state index in [2.05, 4.69) is 9.46 Å². The van der Waals surface area contributed by atoms with Crippen molar-refractivity contribution in [2.75, 3.05) is 13.7 Å². The summed E-state index contributed by atoms with van der Waals surface area (Å²) < 4.78 is 36.0. The molecule has 2 aromatic rings. The summed E-state index contributed by atoms with van der Waals surface area (Å²) in [5, 5.41) is 0. The molecule has 8 heteroatoms. The lowest BCUT2D eigenvalue weighted by atomic mass is 10.1. The molecule has 2 rings (SSSR count). The molecule has 0 atom stereocenters. The van der Waals surface area contributed by atoms with Gasteiger partial charge in [0.25, 0.3) is 0 Å². The molecule has 0 aliphatic heterocycles. The minimum absolute atomic E-state index is 0.0710. The number of ether oxygens (including phenoxy) is 2. The molecule has 2 aromatic carbocycles. The van der Waals surface area contributed by atoms with Crippen LogP contribution < -0.4 is 4.72 Å². The molecule has 26 heavy (non-hydrogen) atoms. The Morgan fingerprint density at radius 3 is 2.42 bits per heavy atom. The van der Waals surface area contributed by atoms with Crippen LogP contribution in [0.1, 0.15) is 21.5 Å². The number of aryl methyl sites for hydroxylation is 1. The van der Waals surface area contributed by atoms with Crippen LogP contribution in [0.25, 0.3) is 0 Å². The number of nitrogens with one attached hydrogen (secondary N) is 1. The van der Waals surface area contributed by atoms with Crippen LogP contribution in [0, 0.1) is 6.92 Å². The molecule has 1 N–H and O–H groups in total. The van der Waals surface area contributed by atoms with E-state index in [1.54, 1.807) is 30.3 Å². The van der Waals surface area contributed by atoms with E-state index in [-0.39, 0.29) is 11.5 Å². The zero-order valence-corrected chi connectivity index (χ0v) is 15.2. The molecule has 0 heterocycles. The van der Waals surface area contributed by atoms with Gasteiger partial charge in [-0.3, -0.25) is 4.79 Å². The van der Waals surface area contributed by atoms with E-state index in [1.807, 2.05) is 6.92 Å². The number of sulfonamides is 1. The van der Waals surface area contributed by atoms with Crippen molar-refractivity contribution in [1.29, 1.82) is 0 Å². The number of hydrogen-bond donors (Lipinski definition) is 1. The van der Waals surface area contributed by atoms with Crippen LogP contribution in [0.5, 0.6) is 0 Å². The van der Waals surface area contributed by atoms with Gasteiger partial charge in [0, 0.05) is 0 Å². The minimum Gasteiger partial charge on any atom is -0.465 e. The largest absolute Gasteiger partial charge is 0.465 e. The van der Waals surface area contributed by atoms with Gasteiger partial charge in [-0.2, -0.15) is 4.72 Å². The molecule has 0 fully saturated rings. The fourth-order valence-electron chi connectivity index (χ4n) is 2.08. The van der Waals surface area contributed by atoms with Gasteiger partial charge in [-0.05, 0) is 36.8 Å². The van der Waals surface area contributed by atoms with Crippen molar-refractivity contribution in [3.05, 3.63) is 65.2 Å². The van der Waals surface area contributed by atoms with Crippen molar-refractivity contribution in [2.24, 2.45) is 0 Å². The Kier molecular flexibility index (Phi) is 6.48. The van der Waals surface area contributed by atoms with Gasteiger partial charge in [0.05, 0.1) is 17.6 Å². The lowest BCUT2D eigenvalue weighted by Crippen LogP contribution is -2.30. The number of carbonyl (C=O) groups is 2. The van der Waals surface area contributed by atoms with Crippen LogP contribution in [0.15, 0.2) is 53.4 Å². The maximum Gasteiger partial charge on any atom is 0.337 e. The van der Waals surface area contributed by atoms with Crippen molar-refractivity contribution in [1.82, 2.24) is 4.72 Å². The molecule has 0 unspecified atom stereocenters. The third kappa shape index (κ3) is 5.40. The molecule has 0 saturated carbocycles.